The first kappa shape index (κ1) is 19.3. The van der Waals surface area contributed by atoms with E-state index in [1.54, 1.807) is 36.9 Å². The van der Waals surface area contributed by atoms with Gasteiger partial charge in [0.2, 0.25) is 0 Å². The Labute approximate surface area is 152 Å². The largest absolute Gasteiger partial charge is 0.484 e. The molecule has 1 fully saturated rings. The molecule has 2 rings (SSSR count). The second kappa shape index (κ2) is 7.93. The molecule has 0 radical (unpaired) electrons. The van der Waals surface area contributed by atoms with Crippen LogP contribution in [0.3, 0.4) is 0 Å². The van der Waals surface area contributed by atoms with Crippen LogP contribution in [0.2, 0.25) is 10.0 Å². The van der Waals surface area contributed by atoms with Gasteiger partial charge < -0.3 is 9.64 Å². The van der Waals surface area contributed by atoms with Crippen molar-refractivity contribution in [1.82, 2.24) is 4.90 Å². The first-order valence-electron chi connectivity index (χ1n) is 7.80. The summed E-state index contributed by atoms with van der Waals surface area (Å²) >= 11 is 11.7. The lowest BCUT2D eigenvalue weighted by Crippen LogP contribution is -2.45. The third kappa shape index (κ3) is 4.55. The second-order valence-corrected chi connectivity index (χ2v) is 9.68. The Morgan fingerprint density at radius 3 is 2.42 bits per heavy atom. The zero-order valence-electron chi connectivity index (χ0n) is 13.7. The fourth-order valence-electron chi connectivity index (χ4n) is 2.62. The molecule has 5 nitrogen and oxygen atoms in total. The molecule has 0 spiro atoms. The van der Waals surface area contributed by atoms with Crippen LogP contribution in [0, 0.1) is 0 Å². The van der Waals surface area contributed by atoms with Crippen LogP contribution in [0.5, 0.6) is 5.75 Å². The summed E-state index contributed by atoms with van der Waals surface area (Å²) in [6.07, 6.45) is 0.943. The summed E-state index contributed by atoms with van der Waals surface area (Å²) in [5.41, 5.74) is 0. The van der Waals surface area contributed by atoms with Crippen molar-refractivity contribution in [3.63, 3.8) is 0 Å². The number of amides is 1. The van der Waals surface area contributed by atoms with E-state index in [1.807, 2.05) is 0 Å². The number of hydrogen-bond donors (Lipinski definition) is 0. The monoisotopic (exact) mass is 393 g/mol. The van der Waals surface area contributed by atoms with Crippen molar-refractivity contribution in [2.45, 2.75) is 37.2 Å². The maximum atomic E-state index is 12.2. The van der Waals surface area contributed by atoms with Crippen LogP contribution in [0.4, 0.5) is 0 Å². The average Bonchev–Trinajstić information content (AvgIpc) is 2.55. The van der Waals surface area contributed by atoms with E-state index in [2.05, 4.69) is 0 Å². The van der Waals surface area contributed by atoms with E-state index in [0.717, 1.165) is 0 Å². The number of piperidine rings is 1. The maximum absolute atomic E-state index is 12.2. The van der Waals surface area contributed by atoms with Crippen molar-refractivity contribution >= 4 is 38.9 Å². The fraction of sp³-hybridized carbons (Fsp3) is 0.562. The zero-order chi connectivity index (χ0) is 17.9. The van der Waals surface area contributed by atoms with Gasteiger partial charge in [0, 0.05) is 19.2 Å². The molecule has 0 bridgehead atoms. The van der Waals surface area contributed by atoms with Gasteiger partial charge in [0.05, 0.1) is 20.5 Å². The normalized spacial score (nSPS) is 16.5. The van der Waals surface area contributed by atoms with E-state index >= 15 is 0 Å². The van der Waals surface area contributed by atoms with E-state index < -0.39 is 9.84 Å². The molecule has 0 N–H and O–H groups in total. The highest BCUT2D eigenvalue weighted by Crippen LogP contribution is 2.26. The van der Waals surface area contributed by atoms with Gasteiger partial charge >= 0.3 is 0 Å². The molecule has 1 amide bonds. The molecule has 0 aromatic heterocycles. The van der Waals surface area contributed by atoms with Gasteiger partial charge in [-0.25, -0.2) is 8.42 Å². The summed E-state index contributed by atoms with van der Waals surface area (Å²) < 4.78 is 29.8. The molecule has 134 valence electrons. The number of benzene rings is 1. The van der Waals surface area contributed by atoms with Crippen molar-refractivity contribution in [1.29, 1.82) is 0 Å². The van der Waals surface area contributed by atoms with Gasteiger partial charge in [-0.15, -0.1) is 0 Å². The minimum atomic E-state index is -3.11. The predicted molar refractivity (Wildman–Crippen MR) is 95.6 cm³/mol. The van der Waals surface area contributed by atoms with Gasteiger partial charge in [0.1, 0.15) is 5.75 Å². The number of ether oxygens (including phenoxy) is 1. The van der Waals surface area contributed by atoms with Crippen molar-refractivity contribution in [3.05, 3.63) is 28.2 Å². The van der Waals surface area contributed by atoms with E-state index in [-0.39, 0.29) is 23.0 Å². The van der Waals surface area contributed by atoms with E-state index in [0.29, 0.717) is 41.7 Å². The Kier molecular flexibility index (Phi) is 6.39. The van der Waals surface area contributed by atoms with Crippen LogP contribution in [0.25, 0.3) is 0 Å². The van der Waals surface area contributed by atoms with Gasteiger partial charge in [-0.3, -0.25) is 4.79 Å². The number of halogens is 2. The number of carbonyl (C=O) groups is 1. The SMILES string of the molecule is CC(C)S(=O)(=O)C1CCN(C(=O)COc2ccc(Cl)c(Cl)c2)CC1. The molecule has 1 heterocycles. The van der Waals surface area contributed by atoms with E-state index in [1.165, 1.54) is 0 Å². The number of carbonyl (C=O) groups excluding carboxylic acids is 1. The Morgan fingerprint density at radius 2 is 1.88 bits per heavy atom. The molecule has 1 aromatic rings. The van der Waals surface area contributed by atoms with Crippen molar-refractivity contribution in [3.8, 4) is 5.75 Å². The van der Waals surface area contributed by atoms with Crippen LogP contribution in [-0.4, -0.2) is 49.4 Å². The molecule has 1 saturated heterocycles. The molecule has 0 saturated carbocycles. The molecular weight excluding hydrogens is 373 g/mol. The fourth-order valence-corrected chi connectivity index (χ4v) is 4.55. The van der Waals surface area contributed by atoms with Crippen LogP contribution in [0.1, 0.15) is 26.7 Å². The number of sulfone groups is 1. The molecule has 0 atom stereocenters. The molecule has 1 aliphatic heterocycles. The zero-order valence-corrected chi connectivity index (χ0v) is 16.0. The summed E-state index contributed by atoms with van der Waals surface area (Å²) in [6, 6.07) is 4.80. The Balaban J connectivity index is 1.86. The number of likely N-dealkylation sites (tertiary alicyclic amines) is 1. The van der Waals surface area contributed by atoms with Crippen LogP contribution in [-0.2, 0) is 14.6 Å². The summed E-state index contributed by atoms with van der Waals surface area (Å²) in [7, 11) is -3.11. The summed E-state index contributed by atoms with van der Waals surface area (Å²) in [5.74, 6) is 0.302. The topological polar surface area (TPSA) is 63.7 Å². The summed E-state index contributed by atoms with van der Waals surface area (Å²) in [5, 5.41) is 0.0328. The lowest BCUT2D eigenvalue weighted by atomic mass is 10.1. The standard InChI is InChI=1S/C16H21Cl2NO4S/c1-11(2)24(21,22)13-5-7-19(8-6-13)16(20)10-23-12-3-4-14(17)15(18)9-12/h3-4,9,11,13H,5-8,10H2,1-2H3. The molecule has 1 aromatic carbocycles. The number of nitrogens with zero attached hydrogens (tertiary/aromatic N) is 1. The minimum absolute atomic E-state index is 0.112. The summed E-state index contributed by atoms with van der Waals surface area (Å²) in [4.78, 5) is 13.8. The van der Waals surface area contributed by atoms with E-state index in [4.69, 9.17) is 27.9 Å². The van der Waals surface area contributed by atoms with Crippen molar-refractivity contribution in [2.75, 3.05) is 19.7 Å². The van der Waals surface area contributed by atoms with Gasteiger partial charge in [-0.1, -0.05) is 23.2 Å². The smallest absolute Gasteiger partial charge is 0.260 e. The van der Waals surface area contributed by atoms with Crippen molar-refractivity contribution in [2.24, 2.45) is 0 Å². The molecule has 1 aliphatic rings. The predicted octanol–water partition coefficient (Wildman–Crippen LogP) is 3.19. The quantitative estimate of drug-likeness (QED) is 0.770. The molecule has 0 unspecified atom stereocenters. The van der Waals surface area contributed by atoms with Crippen molar-refractivity contribution < 1.29 is 17.9 Å². The average molecular weight is 394 g/mol. The summed E-state index contributed by atoms with van der Waals surface area (Å²) in [6.45, 7) is 4.13. The van der Waals surface area contributed by atoms with Gasteiger partial charge in [0.15, 0.2) is 16.4 Å². The van der Waals surface area contributed by atoms with Gasteiger partial charge in [-0.05, 0) is 38.8 Å². The van der Waals surface area contributed by atoms with Gasteiger partial charge in [0.25, 0.3) is 5.91 Å². The van der Waals surface area contributed by atoms with Gasteiger partial charge in [-0.2, -0.15) is 0 Å². The first-order chi connectivity index (χ1) is 11.2. The Bertz CT molecular complexity index is 698. The Hall–Kier alpha value is -0.980. The highest BCUT2D eigenvalue weighted by atomic mass is 35.5. The minimum Gasteiger partial charge on any atom is -0.484 e. The third-order valence-electron chi connectivity index (χ3n) is 4.17. The van der Waals surface area contributed by atoms with E-state index in [9.17, 15) is 13.2 Å². The number of rotatable bonds is 5. The third-order valence-corrected chi connectivity index (χ3v) is 7.62. The lowest BCUT2D eigenvalue weighted by molar-refractivity contribution is -0.134. The lowest BCUT2D eigenvalue weighted by Gasteiger charge is -2.32. The first-order valence-corrected chi connectivity index (χ1v) is 10.2. The molecule has 24 heavy (non-hydrogen) atoms. The second-order valence-electron chi connectivity index (χ2n) is 6.08. The van der Waals surface area contributed by atoms with Crippen LogP contribution in [0.15, 0.2) is 18.2 Å². The highest BCUT2D eigenvalue weighted by Gasteiger charge is 2.33. The van der Waals surface area contributed by atoms with Crippen LogP contribution >= 0.6 is 23.2 Å². The van der Waals surface area contributed by atoms with Crippen LogP contribution < -0.4 is 4.74 Å². The molecule has 0 aliphatic carbocycles. The molecule has 8 heteroatoms. The number of hydrogen-bond acceptors (Lipinski definition) is 4. The molecular formula is C16H21Cl2NO4S. The maximum Gasteiger partial charge on any atom is 0.260 e. The highest BCUT2D eigenvalue weighted by molar-refractivity contribution is 7.92. The Morgan fingerprint density at radius 1 is 1.25 bits per heavy atom.